The summed E-state index contributed by atoms with van der Waals surface area (Å²) in [6.45, 7) is 14.9. The summed E-state index contributed by atoms with van der Waals surface area (Å²) < 4.78 is 0. The highest BCUT2D eigenvalue weighted by Crippen LogP contribution is 2.37. The van der Waals surface area contributed by atoms with Crippen LogP contribution in [0.25, 0.3) is 5.57 Å². The van der Waals surface area contributed by atoms with Crippen LogP contribution in [0.1, 0.15) is 45.2 Å². The minimum atomic E-state index is 0.488. The van der Waals surface area contributed by atoms with Gasteiger partial charge >= 0.3 is 0 Å². The molecular weight excluding hydrogens is 276 g/mol. The molecule has 0 saturated carbocycles. The molecule has 0 spiro atoms. The van der Waals surface area contributed by atoms with Gasteiger partial charge in [0.2, 0.25) is 0 Å². The van der Waals surface area contributed by atoms with Crippen molar-refractivity contribution in [3.8, 4) is 0 Å². The van der Waals surface area contributed by atoms with Crippen LogP contribution in [-0.4, -0.2) is 10.1 Å². The molecule has 1 aromatic rings. The molecular formula is C18H24N2S. The summed E-state index contributed by atoms with van der Waals surface area (Å²) in [5, 5.41) is 8.63. The summed E-state index contributed by atoms with van der Waals surface area (Å²) in [5.74, 6) is 0.488. The second kappa shape index (κ2) is 6.52. The minimum absolute atomic E-state index is 0.488. The van der Waals surface area contributed by atoms with Gasteiger partial charge in [-0.25, -0.2) is 5.01 Å². The molecule has 3 heteroatoms. The Morgan fingerprint density at radius 3 is 2.38 bits per heavy atom. The van der Waals surface area contributed by atoms with Gasteiger partial charge in [-0.3, -0.25) is 0 Å². The molecule has 2 rings (SSSR count). The predicted molar refractivity (Wildman–Crippen MR) is 94.9 cm³/mol. The lowest BCUT2D eigenvalue weighted by atomic mass is 9.90. The quantitative estimate of drug-likeness (QED) is 0.716. The van der Waals surface area contributed by atoms with Gasteiger partial charge in [-0.05, 0) is 44.2 Å². The van der Waals surface area contributed by atoms with E-state index in [1.807, 2.05) is 11.9 Å². The van der Waals surface area contributed by atoms with Crippen molar-refractivity contribution in [2.75, 3.05) is 0 Å². The Hall–Kier alpha value is -1.48. The summed E-state index contributed by atoms with van der Waals surface area (Å²) in [6.07, 6.45) is 1.11. The number of rotatable bonds is 4. The molecule has 1 aromatic carbocycles. The number of hydrogen-bond acceptors (Lipinski definition) is 3. The van der Waals surface area contributed by atoms with E-state index in [9.17, 15) is 0 Å². The summed E-state index contributed by atoms with van der Waals surface area (Å²) in [5.41, 5.74) is 5.11. The smallest absolute Gasteiger partial charge is 0.0973 e. The second-order valence-electron chi connectivity index (χ2n) is 5.60. The average Bonchev–Trinajstić information content (AvgIpc) is 2.79. The zero-order chi connectivity index (χ0) is 15.6. The maximum Gasteiger partial charge on any atom is 0.0973 e. The van der Waals surface area contributed by atoms with Crippen molar-refractivity contribution in [3.63, 3.8) is 0 Å². The third-order valence-corrected chi connectivity index (χ3v) is 4.70. The molecule has 1 unspecified atom stereocenters. The van der Waals surface area contributed by atoms with Crippen LogP contribution in [0.4, 0.5) is 0 Å². The minimum Gasteiger partial charge on any atom is -0.231 e. The van der Waals surface area contributed by atoms with E-state index in [1.165, 1.54) is 22.4 Å². The fourth-order valence-corrected chi connectivity index (χ4v) is 3.32. The van der Waals surface area contributed by atoms with Crippen LogP contribution in [0, 0.1) is 12.8 Å². The summed E-state index contributed by atoms with van der Waals surface area (Å²) in [7, 11) is 0. The van der Waals surface area contributed by atoms with Crippen molar-refractivity contribution in [3.05, 3.63) is 52.7 Å². The molecule has 21 heavy (non-hydrogen) atoms. The lowest BCUT2D eigenvalue weighted by Crippen LogP contribution is -2.13. The Balaban J connectivity index is 2.51. The number of hydrogen-bond donors (Lipinski definition) is 0. The predicted octanol–water partition coefficient (Wildman–Crippen LogP) is 5.63. The lowest BCUT2D eigenvalue weighted by molar-refractivity contribution is 0.492. The Labute approximate surface area is 132 Å². The number of benzene rings is 1. The zero-order valence-electron chi connectivity index (χ0n) is 13.6. The molecule has 0 amide bonds. The molecule has 0 saturated heterocycles. The van der Waals surface area contributed by atoms with Crippen LogP contribution in [0.5, 0.6) is 0 Å². The summed E-state index contributed by atoms with van der Waals surface area (Å²) in [4.78, 5) is 0. The molecule has 0 N–H and O–H groups in total. The van der Waals surface area contributed by atoms with Gasteiger partial charge in [-0.1, -0.05) is 62.0 Å². The Morgan fingerprint density at radius 1 is 1.29 bits per heavy atom. The number of aryl methyl sites for hydroxylation is 1. The van der Waals surface area contributed by atoms with E-state index in [-0.39, 0.29) is 0 Å². The molecule has 1 aliphatic rings. The molecule has 0 fully saturated rings. The summed E-state index contributed by atoms with van der Waals surface area (Å²) in [6, 6.07) is 8.77. The van der Waals surface area contributed by atoms with Gasteiger partial charge in [-0.15, -0.1) is 0 Å². The first-order valence-corrected chi connectivity index (χ1v) is 8.25. The first-order valence-electron chi connectivity index (χ1n) is 7.44. The number of allylic oxidation sites excluding steroid dienone is 2. The van der Waals surface area contributed by atoms with Crippen LogP contribution >= 0.6 is 11.8 Å². The van der Waals surface area contributed by atoms with E-state index in [0.717, 1.165) is 16.5 Å². The highest BCUT2D eigenvalue weighted by atomic mass is 32.2. The SMILES string of the molecule is C=C1SC(C)=NN1/C(C)=C(/c1ccc(C)cc1)C(C)CC. The highest BCUT2D eigenvalue weighted by molar-refractivity contribution is 8.17. The van der Waals surface area contributed by atoms with Crippen molar-refractivity contribution >= 4 is 22.4 Å². The monoisotopic (exact) mass is 300 g/mol. The third-order valence-electron chi connectivity index (χ3n) is 3.92. The standard InChI is InChI=1S/C18H24N2S/c1-7-13(3)18(17-10-8-12(2)9-11-17)14(4)20-16(6)21-15(5)19-20/h8-11,13H,6-7H2,1-5H3/b18-14+. The topological polar surface area (TPSA) is 15.6 Å². The third kappa shape index (κ3) is 3.41. The van der Waals surface area contributed by atoms with E-state index in [0.29, 0.717) is 5.92 Å². The van der Waals surface area contributed by atoms with E-state index in [4.69, 9.17) is 0 Å². The van der Waals surface area contributed by atoms with Crippen LogP contribution in [0.3, 0.4) is 0 Å². The van der Waals surface area contributed by atoms with Crippen LogP contribution in [0.2, 0.25) is 0 Å². The fraction of sp³-hybridized carbons (Fsp3) is 0.389. The normalized spacial score (nSPS) is 17.7. The maximum atomic E-state index is 4.61. The van der Waals surface area contributed by atoms with Gasteiger partial charge in [0, 0.05) is 5.70 Å². The van der Waals surface area contributed by atoms with E-state index >= 15 is 0 Å². The molecule has 1 atom stereocenters. The lowest BCUT2D eigenvalue weighted by Gasteiger charge is -2.24. The zero-order valence-corrected chi connectivity index (χ0v) is 14.4. The van der Waals surface area contributed by atoms with Crippen molar-refractivity contribution in [2.45, 2.75) is 41.0 Å². The number of thioether (sulfide) groups is 1. The molecule has 2 nitrogen and oxygen atoms in total. The maximum absolute atomic E-state index is 4.61. The van der Waals surface area contributed by atoms with Gasteiger partial charge in [0.05, 0.1) is 10.1 Å². The van der Waals surface area contributed by atoms with E-state index < -0.39 is 0 Å². The van der Waals surface area contributed by atoms with Crippen LogP contribution < -0.4 is 0 Å². The summed E-state index contributed by atoms with van der Waals surface area (Å²) >= 11 is 1.64. The molecule has 0 radical (unpaired) electrons. The van der Waals surface area contributed by atoms with Gasteiger partial charge in [0.25, 0.3) is 0 Å². The largest absolute Gasteiger partial charge is 0.231 e. The molecule has 1 aliphatic heterocycles. The molecule has 112 valence electrons. The molecule has 1 heterocycles. The van der Waals surface area contributed by atoms with Gasteiger partial charge in [0.1, 0.15) is 0 Å². The van der Waals surface area contributed by atoms with Crippen molar-refractivity contribution < 1.29 is 0 Å². The van der Waals surface area contributed by atoms with Gasteiger partial charge < -0.3 is 0 Å². The molecule has 0 aromatic heterocycles. The van der Waals surface area contributed by atoms with Gasteiger partial charge in [0.15, 0.2) is 0 Å². The van der Waals surface area contributed by atoms with Gasteiger partial charge in [-0.2, -0.15) is 5.10 Å². The van der Waals surface area contributed by atoms with Crippen molar-refractivity contribution in [1.82, 2.24) is 5.01 Å². The first-order chi connectivity index (χ1) is 9.93. The highest BCUT2D eigenvalue weighted by Gasteiger charge is 2.23. The number of hydrazone groups is 1. The van der Waals surface area contributed by atoms with E-state index in [2.05, 4.69) is 63.6 Å². The van der Waals surface area contributed by atoms with Crippen LogP contribution in [0.15, 0.2) is 46.7 Å². The van der Waals surface area contributed by atoms with Crippen molar-refractivity contribution in [1.29, 1.82) is 0 Å². The Bertz CT molecular complexity index is 596. The fourth-order valence-electron chi connectivity index (χ4n) is 2.59. The Kier molecular flexibility index (Phi) is 4.94. The van der Waals surface area contributed by atoms with Crippen LogP contribution in [-0.2, 0) is 0 Å². The first kappa shape index (κ1) is 15.9. The second-order valence-corrected chi connectivity index (χ2v) is 6.87. The van der Waals surface area contributed by atoms with E-state index in [1.54, 1.807) is 11.8 Å². The molecule has 0 bridgehead atoms. The van der Waals surface area contributed by atoms with Crippen molar-refractivity contribution in [2.24, 2.45) is 11.0 Å². The number of nitrogens with zero attached hydrogens (tertiary/aromatic N) is 2. The average molecular weight is 300 g/mol. The molecule has 0 aliphatic carbocycles. The Morgan fingerprint density at radius 2 is 1.90 bits per heavy atom.